The van der Waals surface area contributed by atoms with Crippen LogP contribution in [0.1, 0.15) is 12.8 Å². The summed E-state index contributed by atoms with van der Waals surface area (Å²) in [5, 5.41) is 28.7. The van der Waals surface area contributed by atoms with Crippen molar-refractivity contribution in [2.75, 3.05) is 39.3 Å². The molecule has 0 aliphatic carbocycles. The molecule has 0 saturated carbocycles. The first-order valence-corrected chi connectivity index (χ1v) is 5.61. The SMILES string of the molecule is [Cl-].[Co+3].[O-]C1=NCCNCCCNCCN=C([O-])C1. The van der Waals surface area contributed by atoms with Crippen molar-refractivity contribution >= 4 is 11.8 Å². The smallest absolute Gasteiger partial charge is 1.00 e. The molecule has 1 rings (SSSR count). The number of hydrogen-bond donors (Lipinski definition) is 2. The van der Waals surface area contributed by atoms with Crippen molar-refractivity contribution < 1.29 is 39.4 Å². The van der Waals surface area contributed by atoms with Gasteiger partial charge in [-0.05, 0) is 31.3 Å². The number of halogens is 1. The molecule has 1 heterocycles. The van der Waals surface area contributed by atoms with E-state index < -0.39 is 0 Å². The maximum absolute atomic E-state index is 11.2. The molecule has 8 heteroatoms. The van der Waals surface area contributed by atoms with Crippen LogP contribution in [0, 0.1) is 0 Å². The van der Waals surface area contributed by atoms with E-state index in [9.17, 15) is 10.2 Å². The van der Waals surface area contributed by atoms with Crippen LogP contribution in [0.3, 0.4) is 0 Å². The molecule has 0 spiro atoms. The van der Waals surface area contributed by atoms with Gasteiger partial charge in [0, 0.05) is 19.5 Å². The van der Waals surface area contributed by atoms with E-state index in [0.717, 1.165) is 19.5 Å². The average Bonchev–Trinajstić information content (AvgIpc) is 2.25. The van der Waals surface area contributed by atoms with Crippen molar-refractivity contribution in [3.8, 4) is 0 Å². The Labute approximate surface area is 124 Å². The summed E-state index contributed by atoms with van der Waals surface area (Å²) < 4.78 is 0. The predicted octanol–water partition coefficient (Wildman–Crippen LogP) is -5.52. The zero-order valence-corrected chi connectivity index (χ0v) is 11.9. The molecule has 2 N–H and O–H groups in total. The Morgan fingerprint density at radius 1 is 0.833 bits per heavy atom. The molecule has 1 aliphatic heterocycles. The normalized spacial score (nSPS) is 19.3. The molecule has 0 atom stereocenters. The monoisotopic (exact) mass is 320 g/mol. The van der Waals surface area contributed by atoms with Crippen molar-refractivity contribution in [2.45, 2.75) is 12.8 Å². The second-order valence-corrected chi connectivity index (χ2v) is 3.58. The molecule has 0 aromatic carbocycles. The fraction of sp³-hybridized carbons (Fsp3) is 0.800. The second kappa shape index (κ2) is 13.1. The van der Waals surface area contributed by atoms with Crippen LogP contribution in [0.4, 0.5) is 0 Å². The van der Waals surface area contributed by atoms with E-state index in [1.165, 1.54) is 0 Å². The van der Waals surface area contributed by atoms with E-state index in [-0.39, 0.29) is 47.4 Å². The summed E-state index contributed by atoms with van der Waals surface area (Å²) in [6.45, 7) is 4.03. The minimum atomic E-state index is -0.374. The fourth-order valence-corrected chi connectivity index (χ4v) is 1.35. The van der Waals surface area contributed by atoms with E-state index in [1.807, 2.05) is 0 Å². The van der Waals surface area contributed by atoms with Gasteiger partial charge in [0.25, 0.3) is 0 Å². The summed E-state index contributed by atoms with van der Waals surface area (Å²) in [5.41, 5.74) is 0. The summed E-state index contributed by atoms with van der Waals surface area (Å²) >= 11 is 0. The Morgan fingerprint density at radius 2 is 1.28 bits per heavy atom. The van der Waals surface area contributed by atoms with Gasteiger partial charge in [0.05, 0.1) is 13.1 Å². The molecule has 1 aliphatic rings. The fourth-order valence-electron chi connectivity index (χ4n) is 1.35. The summed E-state index contributed by atoms with van der Waals surface area (Å²) in [6.07, 6.45) is 0.821. The van der Waals surface area contributed by atoms with Crippen LogP contribution in [-0.2, 0) is 16.8 Å². The third-order valence-electron chi connectivity index (χ3n) is 2.16. The second-order valence-electron chi connectivity index (χ2n) is 3.58. The van der Waals surface area contributed by atoms with E-state index in [4.69, 9.17) is 0 Å². The molecule has 0 fully saturated rings. The first-order valence-electron chi connectivity index (χ1n) is 5.61. The topological polar surface area (TPSA) is 94.9 Å². The number of aliphatic imine (C=N–C) groups is 2. The van der Waals surface area contributed by atoms with Gasteiger partial charge in [0.2, 0.25) is 0 Å². The van der Waals surface area contributed by atoms with Gasteiger partial charge in [-0.1, -0.05) is 0 Å². The molecule has 0 aromatic rings. The van der Waals surface area contributed by atoms with Gasteiger partial charge in [-0.3, -0.25) is 0 Å². The van der Waals surface area contributed by atoms with E-state index in [1.54, 1.807) is 0 Å². The van der Waals surface area contributed by atoms with Crippen molar-refractivity contribution in [3.05, 3.63) is 0 Å². The van der Waals surface area contributed by atoms with Crippen LogP contribution in [-0.4, -0.2) is 51.1 Å². The van der Waals surface area contributed by atoms with Gasteiger partial charge in [0.1, 0.15) is 0 Å². The van der Waals surface area contributed by atoms with Crippen molar-refractivity contribution in [2.24, 2.45) is 9.98 Å². The molecule has 0 unspecified atom stereocenters. The van der Waals surface area contributed by atoms with Crippen LogP contribution in [0.15, 0.2) is 9.98 Å². The zero-order chi connectivity index (χ0) is 11.6. The Bertz CT molecular complexity index is 240. The van der Waals surface area contributed by atoms with Gasteiger partial charge in [-0.2, -0.15) is 0 Å². The third kappa shape index (κ3) is 10.8. The molecular formula is C10H18ClCoN4O2. The number of rotatable bonds is 0. The minimum absolute atomic E-state index is 0. The minimum Gasteiger partial charge on any atom is -1.00 e. The number of hydrogen-bond acceptors (Lipinski definition) is 6. The van der Waals surface area contributed by atoms with Gasteiger partial charge in [-0.15, -0.1) is 0 Å². The van der Waals surface area contributed by atoms with E-state index in [2.05, 4.69) is 20.6 Å². The quantitative estimate of drug-likeness (QED) is 0.465. The van der Waals surface area contributed by atoms with Crippen LogP contribution in [0.25, 0.3) is 0 Å². The Balaban J connectivity index is 0. The van der Waals surface area contributed by atoms with Gasteiger partial charge in [0.15, 0.2) is 0 Å². The molecule has 0 saturated heterocycles. The molecule has 106 valence electrons. The van der Waals surface area contributed by atoms with Crippen LogP contribution >= 0.6 is 0 Å². The van der Waals surface area contributed by atoms with Gasteiger partial charge < -0.3 is 43.2 Å². The zero-order valence-electron chi connectivity index (χ0n) is 10.1. The molecular weight excluding hydrogens is 303 g/mol. The van der Waals surface area contributed by atoms with Crippen molar-refractivity contribution in [1.29, 1.82) is 0 Å². The van der Waals surface area contributed by atoms with E-state index >= 15 is 0 Å². The molecule has 0 radical (unpaired) electrons. The first-order chi connectivity index (χ1) is 7.79. The Kier molecular flexibility index (Phi) is 14.5. The number of nitrogens with zero attached hydrogens (tertiary/aromatic N) is 2. The summed E-state index contributed by atoms with van der Waals surface area (Å²) in [5.74, 6) is -0.749. The summed E-state index contributed by atoms with van der Waals surface area (Å²) in [6, 6.07) is 0. The molecule has 18 heavy (non-hydrogen) atoms. The maximum Gasteiger partial charge on any atom is 3.00 e. The standard InChI is InChI=1S/C10H20N4O2.ClH.Co/c15-9-8-10(16)14-7-5-12-3-1-2-11-4-6-13-9;;/h11-12H,1-8H2,(H,13,15)(H,14,16);1H;/q;;+3/p-3. The predicted molar refractivity (Wildman–Crippen MR) is 59.6 cm³/mol. The maximum atomic E-state index is 11.2. The van der Waals surface area contributed by atoms with Crippen LogP contribution in [0.2, 0.25) is 0 Å². The largest absolute Gasteiger partial charge is 3.00 e. The van der Waals surface area contributed by atoms with Gasteiger partial charge >= 0.3 is 16.8 Å². The molecule has 0 bridgehead atoms. The van der Waals surface area contributed by atoms with Crippen molar-refractivity contribution in [1.82, 2.24) is 10.6 Å². The summed E-state index contributed by atoms with van der Waals surface area (Å²) in [7, 11) is 0. The van der Waals surface area contributed by atoms with Crippen molar-refractivity contribution in [3.63, 3.8) is 0 Å². The van der Waals surface area contributed by atoms with Crippen LogP contribution in [0.5, 0.6) is 0 Å². The van der Waals surface area contributed by atoms with E-state index in [0.29, 0.717) is 26.2 Å². The average molecular weight is 321 g/mol. The summed E-state index contributed by atoms with van der Waals surface area (Å²) in [4.78, 5) is 7.53. The van der Waals surface area contributed by atoms with Crippen LogP contribution < -0.4 is 33.3 Å². The third-order valence-corrected chi connectivity index (χ3v) is 2.16. The Hall–Kier alpha value is -0.344. The Morgan fingerprint density at radius 3 is 1.72 bits per heavy atom. The first kappa shape index (κ1) is 20.0. The molecule has 0 amide bonds. The molecule has 0 aromatic heterocycles. The number of nitrogens with one attached hydrogen (secondary N) is 2. The molecule has 6 nitrogen and oxygen atoms in total. The van der Waals surface area contributed by atoms with Gasteiger partial charge in [-0.25, -0.2) is 0 Å².